The highest BCUT2D eigenvalue weighted by Crippen LogP contribution is 2.11. The highest BCUT2D eigenvalue weighted by molar-refractivity contribution is 9.10. The van der Waals surface area contributed by atoms with Crippen molar-refractivity contribution >= 4 is 31.9 Å². The highest BCUT2D eigenvalue weighted by atomic mass is 79.9. The number of nitrogens with zero attached hydrogens (tertiary/aromatic N) is 1. The summed E-state index contributed by atoms with van der Waals surface area (Å²) in [5.41, 5.74) is 0.521. The lowest BCUT2D eigenvalue weighted by molar-refractivity contribution is 0.0950. The molecule has 0 aliphatic heterocycles. The van der Waals surface area contributed by atoms with Gasteiger partial charge in [-0.15, -0.1) is 0 Å². The molecule has 0 atom stereocenters. The van der Waals surface area contributed by atoms with Gasteiger partial charge in [0.25, 0.3) is 5.91 Å². The zero-order chi connectivity index (χ0) is 15.9. The SMILES string of the molecule is COCCN(CCNC(=O)c1cccc(Br)c1)S(C)(=O)=O. The Kier molecular flexibility index (Phi) is 7.30. The van der Waals surface area contributed by atoms with Crippen molar-refractivity contribution in [2.45, 2.75) is 0 Å². The van der Waals surface area contributed by atoms with Gasteiger partial charge in [0, 0.05) is 36.8 Å². The molecule has 8 heteroatoms. The van der Waals surface area contributed by atoms with E-state index in [0.29, 0.717) is 12.2 Å². The van der Waals surface area contributed by atoms with E-state index in [2.05, 4.69) is 21.2 Å². The quantitative estimate of drug-likeness (QED) is 0.734. The van der Waals surface area contributed by atoms with Gasteiger partial charge in [-0.05, 0) is 18.2 Å². The Morgan fingerprint density at radius 2 is 2.10 bits per heavy atom. The minimum atomic E-state index is -3.31. The zero-order valence-electron chi connectivity index (χ0n) is 12.0. The summed E-state index contributed by atoms with van der Waals surface area (Å²) < 4.78 is 30.1. The van der Waals surface area contributed by atoms with E-state index in [0.717, 1.165) is 10.7 Å². The fraction of sp³-hybridized carbons (Fsp3) is 0.462. The molecule has 0 unspecified atom stereocenters. The van der Waals surface area contributed by atoms with Gasteiger partial charge >= 0.3 is 0 Å². The summed E-state index contributed by atoms with van der Waals surface area (Å²) >= 11 is 3.29. The van der Waals surface area contributed by atoms with Crippen LogP contribution in [0.5, 0.6) is 0 Å². The molecular formula is C13H19BrN2O4S. The number of rotatable bonds is 8. The fourth-order valence-corrected chi connectivity index (χ4v) is 2.89. The summed E-state index contributed by atoms with van der Waals surface area (Å²) in [6.07, 6.45) is 1.14. The van der Waals surface area contributed by atoms with E-state index in [1.807, 2.05) is 6.07 Å². The molecule has 0 fully saturated rings. The topological polar surface area (TPSA) is 75.7 Å². The number of amides is 1. The van der Waals surface area contributed by atoms with Crippen molar-refractivity contribution in [3.63, 3.8) is 0 Å². The molecule has 0 heterocycles. The predicted octanol–water partition coefficient (Wildman–Crippen LogP) is 1.09. The first-order chi connectivity index (χ1) is 9.84. The van der Waals surface area contributed by atoms with Crippen LogP contribution in [0.3, 0.4) is 0 Å². The van der Waals surface area contributed by atoms with Crippen LogP contribution in [0, 0.1) is 0 Å². The molecule has 1 N–H and O–H groups in total. The third kappa shape index (κ3) is 6.56. The largest absolute Gasteiger partial charge is 0.383 e. The van der Waals surface area contributed by atoms with E-state index in [1.165, 1.54) is 11.4 Å². The summed E-state index contributed by atoms with van der Waals surface area (Å²) in [6.45, 7) is 1.03. The number of hydrogen-bond acceptors (Lipinski definition) is 4. The third-order valence-electron chi connectivity index (χ3n) is 2.75. The number of sulfonamides is 1. The highest BCUT2D eigenvalue weighted by Gasteiger charge is 2.16. The van der Waals surface area contributed by atoms with Crippen LogP contribution in [0.25, 0.3) is 0 Å². The van der Waals surface area contributed by atoms with Crippen LogP contribution < -0.4 is 5.32 Å². The van der Waals surface area contributed by atoms with Crippen molar-refractivity contribution in [1.82, 2.24) is 9.62 Å². The predicted molar refractivity (Wildman–Crippen MR) is 84.8 cm³/mol. The molecule has 118 valence electrons. The van der Waals surface area contributed by atoms with Crippen LogP contribution in [0.2, 0.25) is 0 Å². The first-order valence-electron chi connectivity index (χ1n) is 6.32. The Balaban J connectivity index is 2.52. The van der Waals surface area contributed by atoms with Gasteiger partial charge < -0.3 is 10.1 Å². The van der Waals surface area contributed by atoms with Gasteiger partial charge in [0.1, 0.15) is 0 Å². The average Bonchev–Trinajstić information content (AvgIpc) is 2.41. The Morgan fingerprint density at radius 3 is 2.67 bits per heavy atom. The number of hydrogen-bond donors (Lipinski definition) is 1. The fourth-order valence-electron chi connectivity index (χ4n) is 1.66. The van der Waals surface area contributed by atoms with Crippen molar-refractivity contribution in [2.75, 3.05) is 39.6 Å². The van der Waals surface area contributed by atoms with E-state index < -0.39 is 10.0 Å². The van der Waals surface area contributed by atoms with Gasteiger partial charge in [0.05, 0.1) is 12.9 Å². The minimum Gasteiger partial charge on any atom is -0.383 e. The van der Waals surface area contributed by atoms with Gasteiger partial charge in [0.15, 0.2) is 0 Å². The molecule has 0 aliphatic rings. The molecule has 1 rings (SSSR count). The van der Waals surface area contributed by atoms with Crippen LogP contribution in [-0.4, -0.2) is 58.2 Å². The van der Waals surface area contributed by atoms with E-state index in [1.54, 1.807) is 18.2 Å². The van der Waals surface area contributed by atoms with Gasteiger partial charge in [0.2, 0.25) is 10.0 Å². The molecule has 0 aromatic heterocycles. The summed E-state index contributed by atoms with van der Waals surface area (Å²) in [5, 5.41) is 2.70. The molecule has 1 aromatic carbocycles. The standard InChI is InChI=1S/C13H19BrN2O4S/c1-20-9-8-16(21(2,18)19)7-6-15-13(17)11-4-3-5-12(14)10-11/h3-5,10H,6-9H2,1-2H3,(H,15,17). The van der Waals surface area contributed by atoms with Gasteiger partial charge in [-0.25, -0.2) is 8.42 Å². The van der Waals surface area contributed by atoms with Crippen molar-refractivity contribution in [3.8, 4) is 0 Å². The smallest absolute Gasteiger partial charge is 0.251 e. The van der Waals surface area contributed by atoms with E-state index in [-0.39, 0.29) is 25.5 Å². The lowest BCUT2D eigenvalue weighted by Gasteiger charge is -2.19. The maximum Gasteiger partial charge on any atom is 0.251 e. The molecule has 0 saturated heterocycles. The van der Waals surface area contributed by atoms with E-state index >= 15 is 0 Å². The van der Waals surface area contributed by atoms with Crippen molar-refractivity contribution in [2.24, 2.45) is 0 Å². The minimum absolute atomic E-state index is 0.210. The normalized spacial score (nSPS) is 11.6. The summed E-state index contributed by atoms with van der Waals surface area (Å²) in [7, 11) is -1.80. The summed E-state index contributed by atoms with van der Waals surface area (Å²) in [6, 6.07) is 6.99. The van der Waals surface area contributed by atoms with Crippen molar-refractivity contribution < 1.29 is 17.9 Å². The van der Waals surface area contributed by atoms with Crippen molar-refractivity contribution in [3.05, 3.63) is 34.3 Å². The van der Waals surface area contributed by atoms with Crippen LogP contribution in [0.4, 0.5) is 0 Å². The van der Waals surface area contributed by atoms with Crippen LogP contribution in [-0.2, 0) is 14.8 Å². The van der Waals surface area contributed by atoms with Crippen LogP contribution >= 0.6 is 15.9 Å². The zero-order valence-corrected chi connectivity index (χ0v) is 14.4. The molecule has 0 radical (unpaired) electrons. The second-order valence-corrected chi connectivity index (χ2v) is 7.32. The third-order valence-corrected chi connectivity index (χ3v) is 4.54. The number of nitrogens with one attached hydrogen (secondary N) is 1. The molecular weight excluding hydrogens is 360 g/mol. The maximum atomic E-state index is 11.9. The molecule has 0 spiro atoms. The van der Waals surface area contributed by atoms with Gasteiger partial charge in [-0.3, -0.25) is 4.79 Å². The van der Waals surface area contributed by atoms with Gasteiger partial charge in [-0.1, -0.05) is 22.0 Å². The second-order valence-electron chi connectivity index (χ2n) is 4.42. The van der Waals surface area contributed by atoms with Crippen molar-refractivity contribution in [1.29, 1.82) is 0 Å². The lowest BCUT2D eigenvalue weighted by Crippen LogP contribution is -2.39. The summed E-state index contributed by atoms with van der Waals surface area (Å²) in [4.78, 5) is 11.9. The van der Waals surface area contributed by atoms with Crippen LogP contribution in [0.1, 0.15) is 10.4 Å². The number of halogens is 1. The molecule has 0 saturated carbocycles. The molecule has 1 amide bonds. The Bertz CT molecular complexity index is 577. The molecule has 1 aromatic rings. The molecule has 0 aliphatic carbocycles. The van der Waals surface area contributed by atoms with E-state index in [4.69, 9.17) is 4.74 Å². The number of ether oxygens (including phenoxy) is 1. The monoisotopic (exact) mass is 378 g/mol. The number of carbonyl (C=O) groups is 1. The van der Waals surface area contributed by atoms with Gasteiger partial charge in [-0.2, -0.15) is 4.31 Å². The summed E-state index contributed by atoms with van der Waals surface area (Å²) in [5.74, 6) is -0.239. The number of methoxy groups -OCH3 is 1. The van der Waals surface area contributed by atoms with E-state index in [9.17, 15) is 13.2 Å². The Labute approximate surface area is 133 Å². The molecule has 21 heavy (non-hydrogen) atoms. The molecule has 0 bridgehead atoms. The lowest BCUT2D eigenvalue weighted by atomic mass is 10.2. The first kappa shape index (κ1) is 18.1. The molecule has 6 nitrogen and oxygen atoms in total. The first-order valence-corrected chi connectivity index (χ1v) is 8.96. The maximum absolute atomic E-state index is 11.9. The van der Waals surface area contributed by atoms with Crippen LogP contribution in [0.15, 0.2) is 28.7 Å². The Hall–Kier alpha value is -0.960. The Morgan fingerprint density at radius 1 is 1.38 bits per heavy atom. The average molecular weight is 379 g/mol. The number of carbonyl (C=O) groups excluding carboxylic acids is 1. The second kappa shape index (κ2) is 8.47. The number of benzene rings is 1.